The molecule has 0 aromatic carbocycles. The zero-order valence-corrected chi connectivity index (χ0v) is 14.0. The molecule has 0 spiro atoms. The molecular weight excluding hydrogens is 284 g/mol. The molecule has 0 aliphatic rings. The first-order valence-electron chi connectivity index (χ1n) is 6.88. The minimum Gasteiger partial charge on any atom is -0.598 e. The van der Waals surface area contributed by atoms with Crippen LogP contribution in [-0.4, -0.2) is 24.1 Å². The standard InChI is InChI=1S/C15H22N4OS/c1-11-8-12(10-18-21(20)15(2,3)4)9-16-14(11)13-6-7-17-19(13)5/h6-9,18H,10H2,1-5H3. The fraction of sp³-hybridized carbons (Fsp3) is 0.467. The van der Waals surface area contributed by atoms with Crippen LogP contribution in [0.5, 0.6) is 0 Å². The second kappa shape index (κ2) is 6.17. The van der Waals surface area contributed by atoms with Gasteiger partial charge in [-0.2, -0.15) is 5.10 Å². The van der Waals surface area contributed by atoms with Crippen molar-refractivity contribution in [3.05, 3.63) is 35.7 Å². The summed E-state index contributed by atoms with van der Waals surface area (Å²) in [6.45, 7) is 8.42. The van der Waals surface area contributed by atoms with Gasteiger partial charge in [0, 0.05) is 30.8 Å². The Morgan fingerprint density at radius 1 is 1.38 bits per heavy atom. The van der Waals surface area contributed by atoms with Crippen LogP contribution in [0, 0.1) is 6.92 Å². The van der Waals surface area contributed by atoms with E-state index in [1.165, 1.54) is 0 Å². The van der Waals surface area contributed by atoms with Crippen LogP contribution in [-0.2, 0) is 25.0 Å². The second-order valence-corrected chi connectivity index (χ2v) is 8.10. The molecule has 21 heavy (non-hydrogen) atoms. The van der Waals surface area contributed by atoms with Gasteiger partial charge in [0.1, 0.15) is 4.75 Å². The zero-order valence-electron chi connectivity index (χ0n) is 13.2. The molecule has 1 unspecified atom stereocenters. The molecule has 1 atom stereocenters. The maximum Gasteiger partial charge on any atom is 0.136 e. The predicted octanol–water partition coefficient (Wildman–Crippen LogP) is 2.34. The first kappa shape index (κ1) is 16.0. The third-order valence-electron chi connectivity index (χ3n) is 3.16. The van der Waals surface area contributed by atoms with E-state index in [1.807, 2.05) is 51.7 Å². The first-order chi connectivity index (χ1) is 9.79. The van der Waals surface area contributed by atoms with Crippen molar-refractivity contribution in [2.75, 3.05) is 0 Å². The van der Waals surface area contributed by atoms with E-state index < -0.39 is 11.4 Å². The molecule has 0 amide bonds. The highest BCUT2D eigenvalue weighted by molar-refractivity contribution is 7.90. The Bertz CT molecular complexity index is 618. The Kier molecular flexibility index (Phi) is 4.70. The van der Waals surface area contributed by atoms with Crippen molar-refractivity contribution in [2.45, 2.75) is 39.0 Å². The Hall–Kier alpha value is -1.37. The van der Waals surface area contributed by atoms with Crippen molar-refractivity contribution in [1.29, 1.82) is 0 Å². The minimum absolute atomic E-state index is 0.267. The van der Waals surface area contributed by atoms with E-state index in [1.54, 1.807) is 6.20 Å². The SMILES string of the molecule is Cc1cc(CN[S+]([O-])C(C)(C)C)cnc1-c1ccnn1C. The topological polar surface area (TPSA) is 65.8 Å². The zero-order chi connectivity index (χ0) is 15.6. The molecule has 0 fully saturated rings. The minimum atomic E-state index is -1.07. The smallest absolute Gasteiger partial charge is 0.136 e. The third-order valence-corrected chi connectivity index (χ3v) is 4.68. The molecule has 6 heteroatoms. The Morgan fingerprint density at radius 2 is 2.10 bits per heavy atom. The molecule has 2 aromatic rings. The maximum absolute atomic E-state index is 12.0. The van der Waals surface area contributed by atoms with Crippen molar-refractivity contribution in [3.63, 3.8) is 0 Å². The summed E-state index contributed by atoms with van der Waals surface area (Å²) in [7, 11) is 1.90. The molecule has 2 heterocycles. The third kappa shape index (κ3) is 3.84. The number of rotatable bonds is 4. The number of nitrogens with zero attached hydrogens (tertiary/aromatic N) is 3. The van der Waals surface area contributed by atoms with Crippen molar-refractivity contribution in [1.82, 2.24) is 19.5 Å². The van der Waals surface area contributed by atoms with E-state index >= 15 is 0 Å². The van der Waals surface area contributed by atoms with Crippen molar-refractivity contribution >= 4 is 11.4 Å². The monoisotopic (exact) mass is 306 g/mol. The lowest BCUT2D eigenvalue weighted by atomic mass is 10.1. The summed E-state index contributed by atoms with van der Waals surface area (Å²) in [5.74, 6) is 0. The summed E-state index contributed by atoms with van der Waals surface area (Å²) < 4.78 is 16.6. The average Bonchev–Trinajstić information content (AvgIpc) is 2.81. The highest BCUT2D eigenvalue weighted by Crippen LogP contribution is 2.21. The molecular formula is C15H22N4OS. The van der Waals surface area contributed by atoms with Crippen molar-refractivity contribution < 1.29 is 4.55 Å². The average molecular weight is 306 g/mol. The second-order valence-electron chi connectivity index (χ2n) is 6.05. The van der Waals surface area contributed by atoms with Gasteiger partial charge < -0.3 is 4.55 Å². The fourth-order valence-corrected chi connectivity index (χ4v) is 2.70. The maximum atomic E-state index is 12.0. The van der Waals surface area contributed by atoms with Crippen LogP contribution >= 0.6 is 0 Å². The quantitative estimate of drug-likeness (QED) is 0.881. The normalized spacial score (nSPS) is 13.4. The van der Waals surface area contributed by atoms with E-state index in [9.17, 15) is 4.55 Å². The van der Waals surface area contributed by atoms with Gasteiger partial charge >= 0.3 is 0 Å². The molecule has 114 valence electrons. The number of hydrogen-bond donors (Lipinski definition) is 1. The highest BCUT2D eigenvalue weighted by atomic mass is 32.2. The number of nitrogens with one attached hydrogen (secondary N) is 1. The predicted molar refractivity (Wildman–Crippen MR) is 85.9 cm³/mol. The number of hydrogen-bond acceptors (Lipinski definition) is 4. The molecule has 2 rings (SSSR count). The first-order valence-corrected chi connectivity index (χ1v) is 8.03. The lowest BCUT2D eigenvalue weighted by Crippen LogP contribution is -2.38. The molecule has 0 aliphatic carbocycles. The Morgan fingerprint density at radius 3 is 2.62 bits per heavy atom. The van der Waals surface area contributed by atoms with E-state index in [0.29, 0.717) is 6.54 Å². The van der Waals surface area contributed by atoms with Gasteiger partial charge in [0.05, 0.1) is 17.9 Å². The van der Waals surface area contributed by atoms with Crippen molar-refractivity contribution in [2.24, 2.45) is 7.05 Å². The van der Waals surface area contributed by atoms with Gasteiger partial charge in [0.25, 0.3) is 0 Å². The molecule has 0 aliphatic heterocycles. The van der Waals surface area contributed by atoms with Crippen LogP contribution < -0.4 is 4.72 Å². The summed E-state index contributed by atoms with van der Waals surface area (Å²) in [4.78, 5) is 4.52. The van der Waals surface area contributed by atoms with Crippen LogP contribution in [0.15, 0.2) is 24.5 Å². The van der Waals surface area contributed by atoms with E-state index in [2.05, 4.69) is 20.9 Å². The van der Waals surface area contributed by atoms with Crippen LogP contribution in [0.1, 0.15) is 31.9 Å². The summed E-state index contributed by atoms with van der Waals surface area (Å²) in [5, 5.41) is 4.17. The Balaban J connectivity index is 2.12. The lowest BCUT2D eigenvalue weighted by molar-refractivity contribution is 0.544. The van der Waals surface area contributed by atoms with Crippen LogP contribution in [0.4, 0.5) is 0 Å². The van der Waals surface area contributed by atoms with Gasteiger partial charge in [0.15, 0.2) is 0 Å². The highest BCUT2D eigenvalue weighted by Gasteiger charge is 2.26. The summed E-state index contributed by atoms with van der Waals surface area (Å²) >= 11 is -1.07. The summed E-state index contributed by atoms with van der Waals surface area (Å²) in [5.41, 5.74) is 4.02. The van der Waals surface area contributed by atoms with Gasteiger partial charge in [-0.3, -0.25) is 9.67 Å². The molecule has 1 N–H and O–H groups in total. The lowest BCUT2D eigenvalue weighted by Gasteiger charge is -2.23. The molecule has 5 nitrogen and oxygen atoms in total. The van der Waals surface area contributed by atoms with Gasteiger partial charge in [-0.25, -0.2) is 0 Å². The van der Waals surface area contributed by atoms with Gasteiger partial charge in [-0.15, -0.1) is 4.72 Å². The largest absolute Gasteiger partial charge is 0.598 e. The summed E-state index contributed by atoms with van der Waals surface area (Å²) in [6, 6.07) is 4.02. The van der Waals surface area contributed by atoms with Crippen molar-refractivity contribution in [3.8, 4) is 11.4 Å². The van der Waals surface area contributed by atoms with Gasteiger partial charge in [-0.05, 0) is 44.9 Å². The van der Waals surface area contributed by atoms with Crippen LogP contribution in [0.25, 0.3) is 11.4 Å². The van der Waals surface area contributed by atoms with E-state index in [4.69, 9.17) is 0 Å². The molecule has 0 bridgehead atoms. The molecule has 0 saturated heterocycles. The van der Waals surface area contributed by atoms with Crippen LogP contribution in [0.2, 0.25) is 0 Å². The van der Waals surface area contributed by atoms with E-state index in [-0.39, 0.29) is 4.75 Å². The molecule has 0 saturated carbocycles. The van der Waals surface area contributed by atoms with Gasteiger partial charge in [0.2, 0.25) is 0 Å². The Labute approximate surface area is 129 Å². The van der Waals surface area contributed by atoms with Crippen LogP contribution in [0.3, 0.4) is 0 Å². The van der Waals surface area contributed by atoms with Gasteiger partial charge in [-0.1, -0.05) is 6.07 Å². The fourth-order valence-electron chi connectivity index (χ4n) is 1.97. The molecule has 2 aromatic heterocycles. The number of aryl methyl sites for hydroxylation is 2. The number of pyridine rings is 1. The molecule has 0 radical (unpaired) electrons. The van der Waals surface area contributed by atoms with E-state index in [0.717, 1.165) is 22.5 Å². The summed E-state index contributed by atoms with van der Waals surface area (Å²) in [6.07, 6.45) is 3.58. The number of aromatic nitrogens is 3.